The van der Waals surface area contributed by atoms with E-state index < -0.39 is 11.7 Å². The monoisotopic (exact) mass is 357 g/mol. The minimum absolute atomic E-state index is 0.0232. The van der Waals surface area contributed by atoms with Crippen LogP contribution in [0.25, 0.3) is 0 Å². The molecule has 1 aliphatic heterocycles. The van der Waals surface area contributed by atoms with E-state index in [0.717, 1.165) is 19.2 Å². The van der Waals surface area contributed by atoms with Crippen molar-refractivity contribution in [1.82, 2.24) is 15.5 Å². The Morgan fingerprint density at radius 2 is 2.05 bits per heavy atom. The van der Waals surface area contributed by atoms with Gasteiger partial charge in [-0.25, -0.2) is 4.39 Å². The van der Waals surface area contributed by atoms with Crippen molar-refractivity contribution in [3.63, 3.8) is 0 Å². The van der Waals surface area contributed by atoms with Gasteiger partial charge in [-0.1, -0.05) is 0 Å². The second kappa shape index (κ2) is 7.51. The van der Waals surface area contributed by atoms with Crippen LogP contribution in [0.15, 0.2) is 22.7 Å². The average Bonchev–Trinajstić information content (AvgIpc) is 2.50. The summed E-state index contributed by atoms with van der Waals surface area (Å²) in [7, 11) is 0. The van der Waals surface area contributed by atoms with E-state index >= 15 is 0 Å². The van der Waals surface area contributed by atoms with E-state index in [0.29, 0.717) is 17.6 Å². The normalized spacial score (nSPS) is 14.9. The predicted molar refractivity (Wildman–Crippen MR) is 80.5 cm³/mol. The van der Waals surface area contributed by atoms with Gasteiger partial charge in [0.25, 0.3) is 5.91 Å². The van der Waals surface area contributed by atoms with Gasteiger partial charge in [0.05, 0.1) is 5.56 Å². The molecule has 2 rings (SSSR count). The summed E-state index contributed by atoms with van der Waals surface area (Å²) >= 11 is 3.20. The topological polar surface area (TPSA) is 61.4 Å². The zero-order valence-electron chi connectivity index (χ0n) is 11.5. The SMILES string of the molecule is O=C(NCCC(=O)N1CCNCC1)c1cc(F)ccc1Br. The first-order chi connectivity index (χ1) is 10.1. The molecule has 0 spiro atoms. The van der Waals surface area contributed by atoms with Gasteiger partial charge in [-0.05, 0) is 34.1 Å². The number of amides is 2. The van der Waals surface area contributed by atoms with Crippen molar-refractivity contribution >= 4 is 27.7 Å². The molecule has 0 aliphatic carbocycles. The van der Waals surface area contributed by atoms with Crippen LogP contribution in [-0.2, 0) is 4.79 Å². The molecule has 2 amide bonds. The van der Waals surface area contributed by atoms with Gasteiger partial charge in [0.2, 0.25) is 5.91 Å². The molecule has 1 aliphatic rings. The van der Waals surface area contributed by atoms with Gasteiger partial charge in [-0.15, -0.1) is 0 Å². The van der Waals surface area contributed by atoms with Crippen molar-refractivity contribution in [2.75, 3.05) is 32.7 Å². The van der Waals surface area contributed by atoms with E-state index in [2.05, 4.69) is 26.6 Å². The first kappa shape index (κ1) is 15.9. The number of benzene rings is 1. The highest BCUT2D eigenvalue weighted by atomic mass is 79.9. The smallest absolute Gasteiger partial charge is 0.252 e. The van der Waals surface area contributed by atoms with E-state index in [1.165, 1.54) is 12.1 Å². The molecule has 1 aromatic rings. The quantitative estimate of drug-likeness (QED) is 0.849. The second-order valence-electron chi connectivity index (χ2n) is 4.76. The first-order valence-electron chi connectivity index (χ1n) is 6.79. The van der Waals surface area contributed by atoms with E-state index in [-0.39, 0.29) is 24.4 Å². The summed E-state index contributed by atoms with van der Waals surface area (Å²) in [6, 6.07) is 3.92. The lowest BCUT2D eigenvalue weighted by Crippen LogP contribution is -2.47. The van der Waals surface area contributed by atoms with Crippen LogP contribution in [0.2, 0.25) is 0 Å². The molecule has 0 radical (unpaired) electrons. The lowest BCUT2D eigenvalue weighted by molar-refractivity contribution is -0.131. The fourth-order valence-corrected chi connectivity index (χ4v) is 2.55. The second-order valence-corrected chi connectivity index (χ2v) is 5.62. The van der Waals surface area contributed by atoms with E-state index in [1.807, 2.05) is 0 Å². The minimum Gasteiger partial charge on any atom is -0.351 e. The summed E-state index contributed by atoms with van der Waals surface area (Å²) in [6.45, 7) is 3.23. The van der Waals surface area contributed by atoms with Gasteiger partial charge in [0.15, 0.2) is 0 Å². The third-order valence-electron chi connectivity index (χ3n) is 3.27. The molecular formula is C14H17BrFN3O2. The van der Waals surface area contributed by atoms with Crippen molar-refractivity contribution < 1.29 is 14.0 Å². The van der Waals surface area contributed by atoms with Crippen LogP contribution in [0.5, 0.6) is 0 Å². The lowest BCUT2D eigenvalue weighted by Gasteiger charge is -2.27. The summed E-state index contributed by atoms with van der Waals surface area (Å²) in [5.74, 6) is -0.843. The summed E-state index contributed by atoms with van der Waals surface area (Å²) in [6.07, 6.45) is 0.249. The fraction of sp³-hybridized carbons (Fsp3) is 0.429. The Morgan fingerprint density at radius 3 is 2.76 bits per heavy atom. The molecule has 5 nitrogen and oxygen atoms in total. The maximum Gasteiger partial charge on any atom is 0.252 e. The first-order valence-corrected chi connectivity index (χ1v) is 7.59. The Kier molecular flexibility index (Phi) is 5.69. The van der Waals surface area contributed by atoms with Gasteiger partial charge < -0.3 is 15.5 Å². The van der Waals surface area contributed by atoms with Crippen LogP contribution in [0, 0.1) is 5.82 Å². The highest BCUT2D eigenvalue weighted by molar-refractivity contribution is 9.10. The maximum absolute atomic E-state index is 13.1. The molecule has 1 saturated heterocycles. The summed E-state index contributed by atoms with van der Waals surface area (Å²) < 4.78 is 13.7. The number of rotatable bonds is 4. The number of piperazine rings is 1. The van der Waals surface area contributed by atoms with Gasteiger partial charge in [0.1, 0.15) is 5.82 Å². The van der Waals surface area contributed by atoms with Gasteiger partial charge in [-0.2, -0.15) is 0 Å². The zero-order valence-corrected chi connectivity index (χ0v) is 13.1. The summed E-state index contributed by atoms with van der Waals surface area (Å²) in [5.41, 5.74) is 0.227. The molecule has 114 valence electrons. The van der Waals surface area contributed by atoms with E-state index in [4.69, 9.17) is 0 Å². The van der Waals surface area contributed by atoms with Crippen molar-refractivity contribution in [3.05, 3.63) is 34.1 Å². The van der Waals surface area contributed by atoms with Gasteiger partial charge in [0, 0.05) is 43.6 Å². The van der Waals surface area contributed by atoms with Gasteiger partial charge >= 0.3 is 0 Å². The molecule has 0 atom stereocenters. The predicted octanol–water partition coefficient (Wildman–Crippen LogP) is 1.14. The van der Waals surface area contributed by atoms with Crippen LogP contribution >= 0.6 is 15.9 Å². The number of hydrogen-bond donors (Lipinski definition) is 2. The van der Waals surface area contributed by atoms with Crippen LogP contribution in [-0.4, -0.2) is 49.4 Å². The average molecular weight is 358 g/mol. The van der Waals surface area contributed by atoms with Crippen LogP contribution in [0.3, 0.4) is 0 Å². The van der Waals surface area contributed by atoms with Crippen LogP contribution in [0.1, 0.15) is 16.8 Å². The van der Waals surface area contributed by atoms with Crippen molar-refractivity contribution in [2.24, 2.45) is 0 Å². The van der Waals surface area contributed by atoms with Gasteiger partial charge in [-0.3, -0.25) is 9.59 Å². The fourth-order valence-electron chi connectivity index (χ4n) is 2.12. The Hall–Kier alpha value is -1.47. The van der Waals surface area contributed by atoms with E-state index in [1.54, 1.807) is 4.90 Å². The molecule has 1 fully saturated rings. The number of carbonyl (C=O) groups excluding carboxylic acids is 2. The summed E-state index contributed by atoms with van der Waals surface area (Å²) in [4.78, 5) is 25.6. The maximum atomic E-state index is 13.1. The summed E-state index contributed by atoms with van der Waals surface area (Å²) in [5, 5.41) is 5.81. The molecular weight excluding hydrogens is 341 g/mol. The standard InChI is InChI=1S/C14H17BrFN3O2/c15-12-2-1-10(16)9-11(12)14(21)18-4-3-13(20)19-7-5-17-6-8-19/h1-2,9,17H,3-8H2,(H,18,21). The highest BCUT2D eigenvalue weighted by Gasteiger charge is 2.16. The molecule has 7 heteroatoms. The third kappa shape index (κ3) is 4.50. The number of nitrogens with zero attached hydrogens (tertiary/aromatic N) is 1. The molecule has 0 saturated carbocycles. The number of nitrogens with one attached hydrogen (secondary N) is 2. The molecule has 0 aromatic heterocycles. The Labute approximate surface area is 131 Å². The van der Waals surface area contributed by atoms with Crippen molar-refractivity contribution in [2.45, 2.75) is 6.42 Å². The van der Waals surface area contributed by atoms with Crippen molar-refractivity contribution in [3.8, 4) is 0 Å². The van der Waals surface area contributed by atoms with Crippen molar-refractivity contribution in [1.29, 1.82) is 0 Å². The Bertz CT molecular complexity index is 533. The molecule has 1 heterocycles. The number of halogens is 2. The highest BCUT2D eigenvalue weighted by Crippen LogP contribution is 2.17. The number of hydrogen-bond acceptors (Lipinski definition) is 3. The molecule has 2 N–H and O–H groups in total. The lowest BCUT2D eigenvalue weighted by atomic mass is 10.2. The Morgan fingerprint density at radius 1 is 1.33 bits per heavy atom. The third-order valence-corrected chi connectivity index (χ3v) is 3.96. The van der Waals surface area contributed by atoms with E-state index in [9.17, 15) is 14.0 Å². The minimum atomic E-state index is -0.472. The molecule has 21 heavy (non-hydrogen) atoms. The zero-order chi connectivity index (χ0) is 15.2. The largest absolute Gasteiger partial charge is 0.351 e. The number of carbonyl (C=O) groups is 2. The van der Waals surface area contributed by atoms with Crippen LogP contribution < -0.4 is 10.6 Å². The molecule has 0 unspecified atom stereocenters. The Balaban J connectivity index is 1.81. The van der Waals surface area contributed by atoms with Crippen LogP contribution in [0.4, 0.5) is 4.39 Å². The molecule has 1 aromatic carbocycles. The molecule has 0 bridgehead atoms.